The van der Waals surface area contributed by atoms with Crippen LogP contribution in [0.25, 0.3) is 43.6 Å². The summed E-state index contributed by atoms with van der Waals surface area (Å²) in [4.78, 5) is 2.87. The monoisotopic (exact) mass is 530 g/mol. The molecule has 0 saturated heterocycles. The zero-order valence-corrected chi connectivity index (χ0v) is 25.1. The summed E-state index contributed by atoms with van der Waals surface area (Å²) < 4.78 is 2.38. The first-order valence-corrected chi connectivity index (χ1v) is 15.6. The van der Waals surface area contributed by atoms with Crippen molar-refractivity contribution < 1.29 is 4.57 Å². The molecule has 0 spiro atoms. The molecule has 1 aliphatic heterocycles. The minimum Gasteiger partial charge on any atom is -0.200 e. The van der Waals surface area contributed by atoms with E-state index in [1.807, 2.05) is 11.8 Å². The van der Waals surface area contributed by atoms with Gasteiger partial charge in [-0.1, -0.05) is 81.9 Å². The number of nitrogens with zero attached hydrogens (tertiary/aromatic N) is 1. The van der Waals surface area contributed by atoms with Gasteiger partial charge < -0.3 is 0 Å². The highest BCUT2D eigenvalue weighted by Crippen LogP contribution is 2.53. The Labute approximate surface area is 237 Å². The predicted molar refractivity (Wildman–Crippen MR) is 168 cm³/mol. The minimum atomic E-state index is 0.497. The fourth-order valence-corrected chi connectivity index (χ4v) is 8.79. The van der Waals surface area contributed by atoms with Gasteiger partial charge in [0.15, 0.2) is 6.20 Å². The first-order valence-electron chi connectivity index (χ1n) is 14.8. The Kier molecular flexibility index (Phi) is 5.87. The molecule has 198 valence electrons. The molecule has 0 radical (unpaired) electrons. The Morgan fingerprint density at radius 3 is 2.41 bits per heavy atom. The quantitative estimate of drug-likeness (QED) is 0.163. The maximum atomic E-state index is 2.54. The predicted octanol–water partition coefficient (Wildman–Crippen LogP) is 10.3. The van der Waals surface area contributed by atoms with Gasteiger partial charge in [-0.05, 0) is 101 Å². The first-order chi connectivity index (χ1) is 18.7. The van der Waals surface area contributed by atoms with Gasteiger partial charge in [-0.2, -0.15) is 0 Å². The van der Waals surface area contributed by atoms with Crippen LogP contribution < -0.4 is 4.57 Å². The van der Waals surface area contributed by atoms with Crippen LogP contribution in [-0.4, -0.2) is 0 Å². The van der Waals surface area contributed by atoms with Crippen LogP contribution >= 0.6 is 11.8 Å². The van der Waals surface area contributed by atoms with Crippen LogP contribution in [0.3, 0.4) is 0 Å². The number of pyridine rings is 1. The van der Waals surface area contributed by atoms with Crippen molar-refractivity contribution >= 4 is 44.1 Å². The molecule has 0 bridgehead atoms. The van der Waals surface area contributed by atoms with E-state index in [9.17, 15) is 0 Å². The molecule has 1 aromatic heterocycles. The van der Waals surface area contributed by atoms with E-state index >= 15 is 0 Å². The fraction of sp³-hybridized carbons (Fsp3) is 0.378. The van der Waals surface area contributed by atoms with Crippen molar-refractivity contribution in [1.29, 1.82) is 0 Å². The van der Waals surface area contributed by atoms with Crippen molar-refractivity contribution in [2.24, 2.45) is 18.4 Å². The Morgan fingerprint density at radius 2 is 1.67 bits per heavy atom. The molecule has 4 aromatic carbocycles. The molecule has 0 unspecified atom stereocenters. The van der Waals surface area contributed by atoms with Gasteiger partial charge in [-0.25, -0.2) is 4.57 Å². The average Bonchev–Trinajstić information content (AvgIpc) is 2.91. The summed E-state index contributed by atoms with van der Waals surface area (Å²) in [6.45, 7) is 11.9. The molecule has 2 aliphatic rings. The molecule has 1 fully saturated rings. The number of aromatic nitrogens is 1. The lowest BCUT2D eigenvalue weighted by Crippen LogP contribution is -2.32. The summed E-state index contributed by atoms with van der Waals surface area (Å²) >= 11 is 2.01. The van der Waals surface area contributed by atoms with E-state index in [2.05, 4.69) is 107 Å². The molecule has 1 aliphatic carbocycles. The molecule has 2 heterocycles. The van der Waals surface area contributed by atoms with E-state index in [1.54, 1.807) is 0 Å². The van der Waals surface area contributed by atoms with Crippen molar-refractivity contribution in [3.05, 3.63) is 77.5 Å². The Bertz CT molecular complexity index is 1780. The smallest absolute Gasteiger partial charge is 0.200 e. The summed E-state index contributed by atoms with van der Waals surface area (Å²) in [5, 5.41) is 8.45. The molecular weight excluding hydrogens is 490 g/mol. The number of benzene rings is 4. The van der Waals surface area contributed by atoms with E-state index in [-0.39, 0.29) is 0 Å². The molecule has 39 heavy (non-hydrogen) atoms. The SMILES string of the molecule is Cc1c2c(c(CC(C)C)c3ccccc13)Sc1cc3ccc(C4CCC(C)(C)CC4)cc3c3cc[n+](C)c-2c13. The van der Waals surface area contributed by atoms with Crippen molar-refractivity contribution in [3.63, 3.8) is 0 Å². The van der Waals surface area contributed by atoms with Gasteiger partial charge in [0.25, 0.3) is 0 Å². The van der Waals surface area contributed by atoms with E-state index < -0.39 is 0 Å². The normalized spacial score (nSPS) is 16.9. The second-order valence-electron chi connectivity index (χ2n) is 13.4. The highest BCUT2D eigenvalue weighted by atomic mass is 32.2. The molecule has 2 heteroatoms. The maximum absolute atomic E-state index is 2.54. The van der Waals surface area contributed by atoms with E-state index in [0.717, 1.165) is 6.42 Å². The number of rotatable bonds is 3. The van der Waals surface area contributed by atoms with Gasteiger partial charge in [0.2, 0.25) is 5.69 Å². The van der Waals surface area contributed by atoms with Crippen LogP contribution in [0.15, 0.2) is 70.6 Å². The average molecular weight is 531 g/mol. The lowest BCUT2D eigenvalue weighted by Gasteiger charge is -2.34. The van der Waals surface area contributed by atoms with E-state index in [4.69, 9.17) is 0 Å². The van der Waals surface area contributed by atoms with Crippen molar-refractivity contribution in [2.45, 2.75) is 82.4 Å². The summed E-state index contributed by atoms with van der Waals surface area (Å²) in [5.41, 5.74) is 7.79. The lowest BCUT2D eigenvalue weighted by molar-refractivity contribution is -0.659. The minimum absolute atomic E-state index is 0.497. The third kappa shape index (κ3) is 4.01. The van der Waals surface area contributed by atoms with Crippen LogP contribution in [0.1, 0.15) is 76.0 Å². The second-order valence-corrected chi connectivity index (χ2v) is 14.5. The summed E-state index contributed by atoms with van der Waals surface area (Å²) in [6, 6.07) is 21.3. The van der Waals surface area contributed by atoms with Crippen molar-refractivity contribution in [2.75, 3.05) is 0 Å². The first kappa shape index (κ1) is 25.1. The van der Waals surface area contributed by atoms with Crippen LogP contribution in [0.5, 0.6) is 0 Å². The lowest BCUT2D eigenvalue weighted by atomic mass is 9.71. The molecule has 0 N–H and O–H groups in total. The highest BCUT2D eigenvalue weighted by molar-refractivity contribution is 8.00. The van der Waals surface area contributed by atoms with Crippen LogP contribution in [0, 0.1) is 18.3 Å². The zero-order chi connectivity index (χ0) is 27.1. The fourth-order valence-electron chi connectivity index (χ4n) is 7.41. The van der Waals surface area contributed by atoms with E-state index in [1.165, 1.54) is 95.7 Å². The Morgan fingerprint density at radius 1 is 0.923 bits per heavy atom. The number of aryl methyl sites for hydroxylation is 2. The molecular formula is C37H40NS+. The third-order valence-corrected chi connectivity index (χ3v) is 10.8. The molecule has 0 atom stereocenters. The summed E-state index contributed by atoms with van der Waals surface area (Å²) in [7, 11) is 2.24. The topological polar surface area (TPSA) is 3.88 Å². The van der Waals surface area contributed by atoms with Crippen LogP contribution in [0.4, 0.5) is 0 Å². The largest absolute Gasteiger partial charge is 0.222 e. The van der Waals surface area contributed by atoms with Gasteiger partial charge in [0.1, 0.15) is 7.05 Å². The highest BCUT2D eigenvalue weighted by Gasteiger charge is 2.33. The van der Waals surface area contributed by atoms with Crippen LogP contribution in [-0.2, 0) is 13.5 Å². The number of hydrogen-bond acceptors (Lipinski definition) is 1. The molecule has 5 aromatic rings. The second kappa shape index (κ2) is 9.10. The van der Waals surface area contributed by atoms with Gasteiger partial charge in [-0.3, -0.25) is 0 Å². The molecule has 1 nitrogen and oxygen atoms in total. The summed E-state index contributed by atoms with van der Waals surface area (Å²) in [5.74, 6) is 1.29. The van der Waals surface area contributed by atoms with Gasteiger partial charge in [0.05, 0.1) is 10.9 Å². The molecule has 7 rings (SSSR count). The van der Waals surface area contributed by atoms with Crippen molar-refractivity contribution in [1.82, 2.24) is 0 Å². The Balaban J connectivity index is 1.50. The molecule has 1 saturated carbocycles. The number of hydrogen-bond donors (Lipinski definition) is 0. The zero-order valence-electron chi connectivity index (χ0n) is 24.3. The number of fused-ring (bicyclic) bond motifs is 5. The van der Waals surface area contributed by atoms with Crippen LogP contribution in [0.2, 0.25) is 0 Å². The van der Waals surface area contributed by atoms with Gasteiger partial charge in [0, 0.05) is 21.2 Å². The summed E-state index contributed by atoms with van der Waals surface area (Å²) in [6.07, 6.45) is 8.67. The van der Waals surface area contributed by atoms with Gasteiger partial charge >= 0.3 is 0 Å². The standard InChI is InChI=1S/C37H40NS/c1-22(2)19-31-28-10-8-7-9-27(28)23(3)33-35-34-29(15-18-38(35)6)30-20-25(24-13-16-37(4,5)17-14-24)11-12-26(30)21-32(34)39-36(31)33/h7-12,15,18,20-22,24H,13-14,16-17,19H2,1-6H3/q+1. The van der Waals surface area contributed by atoms with E-state index in [0.29, 0.717) is 17.3 Å². The Hall–Kier alpha value is -2.84. The molecule has 0 amide bonds. The van der Waals surface area contributed by atoms with Crippen molar-refractivity contribution in [3.8, 4) is 11.3 Å². The third-order valence-electron chi connectivity index (χ3n) is 9.63. The maximum Gasteiger partial charge on any atom is 0.222 e. The van der Waals surface area contributed by atoms with Gasteiger partial charge in [-0.15, -0.1) is 0 Å².